The Morgan fingerprint density at radius 1 is 0.721 bits per heavy atom. The second kappa shape index (κ2) is 22.5. The molecule has 0 aliphatic carbocycles. The molecule has 0 atom stereocenters. The lowest BCUT2D eigenvalue weighted by Gasteiger charge is -2.14. The highest BCUT2D eigenvalue weighted by atomic mass is 16.5. The average Bonchev–Trinajstić information content (AvgIpc) is 3.00. The summed E-state index contributed by atoms with van der Waals surface area (Å²) in [5.41, 5.74) is 2.82. The van der Waals surface area contributed by atoms with E-state index in [4.69, 9.17) is 9.47 Å². The summed E-state index contributed by atoms with van der Waals surface area (Å²) in [5.74, 6) is 1.10. The van der Waals surface area contributed by atoms with Gasteiger partial charge in [0.05, 0.1) is 7.11 Å². The molecule has 4 heteroatoms. The Balaban J connectivity index is 1.88. The van der Waals surface area contributed by atoms with Crippen LogP contribution in [0.3, 0.4) is 0 Å². The number of unbranched alkanes of at least 4 members (excludes halogenated alkanes) is 7. The summed E-state index contributed by atoms with van der Waals surface area (Å²) in [6.45, 7) is 4.39. The number of hydrogen-bond donors (Lipinski definition) is 1. The summed E-state index contributed by atoms with van der Waals surface area (Å²) in [6, 6.07) is 11.7. The molecule has 0 fully saturated rings. The van der Waals surface area contributed by atoms with E-state index in [1.54, 1.807) is 19.3 Å². The molecule has 230 valence electrons. The molecule has 0 aliphatic rings. The maximum Gasteiger partial charge on any atom is 0.336 e. The minimum Gasteiger partial charge on any atom is -0.508 e. The molecule has 2 rings (SSSR count). The number of methoxy groups -OCH3 is 1. The van der Waals surface area contributed by atoms with Crippen LogP contribution < -0.4 is 9.47 Å². The SMILES string of the molecule is CCCCCCCc1cc(O)c(CCCCCC)c(OC(=O)C=CC=CC=CC=CC=CC=Cc2cccc(OC)c2)c1. The number of aryl methyl sites for hydroxylation is 1. The summed E-state index contributed by atoms with van der Waals surface area (Å²) in [4.78, 5) is 12.6. The number of allylic oxidation sites excluding steroid dienone is 10. The summed E-state index contributed by atoms with van der Waals surface area (Å²) < 4.78 is 11.0. The predicted octanol–water partition coefficient (Wildman–Crippen LogP) is 10.4. The maximum atomic E-state index is 12.6. The topological polar surface area (TPSA) is 55.8 Å². The number of benzene rings is 2. The van der Waals surface area contributed by atoms with Crippen molar-refractivity contribution in [2.24, 2.45) is 0 Å². The first kappa shape index (κ1) is 35.1. The third-order valence-corrected chi connectivity index (χ3v) is 6.92. The molecule has 0 radical (unpaired) electrons. The number of ether oxygens (including phenoxy) is 2. The second-order valence-corrected chi connectivity index (χ2v) is 10.5. The first-order chi connectivity index (χ1) is 21.1. The summed E-state index contributed by atoms with van der Waals surface area (Å²) in [7, 11) is 1.66. The molecular formula is C39H50O4. The number of esters is 1. The molecule has 0 unspecified atom stereocenters. The average molecular weight is 583 g/mol. The van der Waals surface area contributed by atoms with E-state index in [2.05, 4.69) is 13.8 Å². The van der Waals surface area contributed by atoms with Gasteiger partial charge >= 0.3 is 5.97 Å². The van der Waals surface area contributed by atoms with Crippen molar-refractivity contribution in [3.8, 4) is 17.2 Å². The molecule has 2 aromatic carbocycles. The number of phenolic OH excluding ortho intramolecular Hbond substituents is 1. The largest absolute Gasteiger partial charge is 0.508 e. The summed E-state index contributed by atoms with van der Waals surface area (Å²) in [5, 5.41) is 10.8. The van der Waals surface area contributed by atoms with Crippen molar-refractivity contribution in [2.45, 2.75) is 84.5 Å². The van der Waals surface area contributed by atoms with Gasteiger partial charge in [-0.3, -0.25) is 0 Å². The maximum absolute atomic E-state index is 12.6. The van der Waals surface area contributed by atoms with E-state index in [0.29, 0.717) is 12.2 Å². The molecule has 43 heavy (non-hydrogen) atoms. The molecule has 0 amide bonds. The van der Waals surface area contributed by atoms with Gasteiger partial charge in [0, 0.05) is 11.6 Å². The lowest BCUT2D eigenvalue weighted by Crippen LogP contribution is -2.07. The standard InChI is InChI=1S/C39H50O4/c1-4-6-8-16-20-25-34-31-37(40)36(28-21-9-7-5-2)38(32-34)43-39(41)29-22-18-15-13-11-10-12-14-17-19-24-33-26-23-27-35(30-33)42-3/h10-15,17-19,22-24,26-27,29-32,40H,4-9,16,20-21,25,28H2,1-3H3. The molecule has 0 aromatic heterocycles. The Bertz CT molecular complexity index is 1260. The van der Waals surface area contributed by atoms with E-state index in [0.717, 1.165) is 61.0 Å². The van der Waals surface area contributed by atoms with Gasteiger partial charge in [0.25, 0.3) is 0 Å². The number of aromatic hydroxyl groups is 1. The molecular weight excluding hydrogens is 532 g/mol. The molecule has 0 bridgehead atoms. The number of carbonyl (C=O) groups excluding carboxylic acids is 1. The summed E-state index contributed by atoms with van der Waals surface area (Å²) in [6.07, 6.45) is 34.2. The zero-order valence-electron chi connectivity index (χ0n) is 26.3. The Labute approximate surface area is 259 Å². The highest BCUT2D eigenvalue weighted by Gasteiger charge is 2.14. The molecule has 0 saturated carbocycles. The fraction of sp³-hybridized carbons (Fsp3) is 0.359. The first-order valence-corrected chi connectivity index (χ1v) is 15.8. The van der Waals surface area contributed by atoms with Gasteiger partial charge < -0.3 is 14.6 Å². The zero-order chi connectivity index (χ0) is 31.0. The van der Waals surface area contributed by atoms with E-state index in [1.807, 2.05) is 91.1 Å². The van der Waals surface area contributed by atoms with Crippen LogP contribution in [0.15, 0.2) is 103 Å². The van der Waals surface area contributed by atoms with Crippen LogP contribution in [0.5, 0.6) is 17.2 Å². The van der Waals surface area contributed by atoms with Crippen molar-refractivity contribution >= 4 is 12.0 Å². The normalized spacial score (nSPS) is 12.3. The predicted molar refractivity (Wildman–Crippen MR) is 182 cm³/mol. The monoisotopic (exact) mass is 582 g/mol. The van der Waals surface area contributed by atoms with Crippen molar-refractivity contribution < 1.29 is 19.4 Å². The van der Waals surface area contributed by atoms with Crippen LogP contribution in [0.1, 0.15) is 88.3 Å². The van der Waals surface area contributed by atoms with Crippen LogP contribution in [-0.4, -0.2) is 18.2 Å². The van der Waals surface area contributed by atoms with Gasteiger partial charge in [-0.25, -0.2) is 4.79 Å². The third kappa shape index (κ3) is 15.7. The highest BCUT2D eigenvalue weighted by molar-refractivity contribution is 5.84. The molecule has 0 heterocycles. The molecule has 4 nitrogen and oxygen atoms in total. The Hall–Kier alpha value is -4.05. The molecule has 0 aliphatic heterocycles. The van der Waals surface area contributed by atoms with Gasteiger partial charge in [-0.05, 0) is 61.1 Å². The second-order valence-electron chi connectivity index (χ2n) is 10.5. The first-order valence-electron chi connectivity index (χ1n) is 15.8. The van der Waals surface area contributed by atoms with Crippen molar-refractivity contribution in [3.63, 3.8) is 0 Å². The highest BCUT2D eigenvalue weighted by Crippen LogP contribution is 2.32. The van der Waals surface area contributed by atoms with Crippen LogP contribution in [0.25, 0.3) is 6.08 Å². The van der Waals surface area contributed by atoms with Gasteiger partial charge in [0.1, 0.15) is 17.2 Å². The fourth-order valence-electron chi connectivity index (χ4n) is 4.54. The number of hydrogen-bond acceptors (Lipinski definition) is 4. The van der Waals surface area contributed by atoms with Crippen LogP contribution >= 0.6 is 0 Å². The van der Waals surface area contributed by atoms with Crippen molar-refractivity contribution in [1.82, 2.24) is 0 Å². The van der Waals surface area contributed by atoms with Crippen molar-refractivity contribution in [3.05, 3.63) is 120 Å². The molecule has 0 saturated heterocycles. The zero-order valence-corrected chi connectivity index (χ0v) is 26.3. The quantitative estimate of drug-likeness (QED) is 0.0555. The van der Waals surface area contributed by atoms with Crippen LogP contribution in [-0.2, 0) is 17.6 Å². The molecule has 0 spiro atoms. The lowest BCUT2D eigenvalue weighted by atomic mass is 9.99. The van der Waals surface area contributed by atoms with Gasteiger partial charge in [0.15, 0.2) is 0 Å². The van der Waals surface area contributed by atoms with E-state index < -0.39 is 5.97 Å². The minimum atomic E-state index is -0.449. The number of carbonyl (C=O) groups is 1. The molecule has 2 aromatic rings. The van der Waals surface area contributed by atoms with Gasteiger partial charge in [-0.1, -0.05) is 138 Å². The van der Waals surface area contributed by atoms with Crippen molar-refractivity contribution in [1.29, 1.82) is 0 Å². The summed E-state index contributed by atoms with van der Waals surface area (Å²) >= 11 is 0. The van der Waals surface area contributed by atoms with Gasteiger partial charge in [0.2, 0.25) is 0 Å². The van der Waals surface area contributed by atoms with Crippen molar-refractivity contribution in [2.75, 3.05) is 7.11 Å². The van der Waals surface area contributed by atoms with E-state index >= 15 is 0 Å². The Kier molecular flexibility index (Phi) is 18.4. The van der Waals surface area contributed by atoms with Gasteiger partial charge in [-0.2, -0.15) is 0 Å². The van der Waals surface area contributed by atoms with Crippen LogP contribution in [0, 0.1) is 0 Å². The minimum absolute atomic E-state index is 0.232. The Morgan fingerprint density at radius 2 is 1.33 bits per heavy atom. The van der Waals surface area contributed by atoms with Crippen LogP contribution in [0.2, 0.25) is 0 Å². The third-order valence-electron chi connectivity index (χ3n) is 6.92. The molecule has 1 N–H and O–H groups in total. The fourth-order valence-corrected chi connectivity index (χ4v) is 4.54. The Morgan fingerprint density at radius 3 is 2.00 bits per heavy atom. The number of rotatable bonds is 20. The lowest BCUT2D eigenvalue weighted by molar-refractivity contribution is -0.129. The van der Waals surface area contributed by atoms with Crippen LogP contribution in [0.4, 0.5) is 0 Å². The van der Waals surface area contributed by atoms with E-state index in [1.165, 1.54) is 31.8 Å². The smallest absolute Gasteiger partial charge is 0.336 e. The van der Waals surface area contributed by atoms with E-state index in [-0.39, 0.29) is 5.75 Å². The van der Waals surface area contributed by atoms with Gasteiger partial charge in [-0.15, -0.1) is 0 Å². The van der Waals surface area contributed by atoms with E-state index in [9.17, 15) is 9.90 Å². The number of phenols is 1.